The number of rotatable bonds is 5. The first-order valence-electron chi connectivity index (χ1n) is 9.53. The summed E-state index contributed by atoms with van der Waals surface area (Å²) in [5.74, 6) is 0.404. The summed E-state index contributed by atoms with van der Waals surface area (Å²) in [7, 11) is 0. The zero-order valence-electron chi connectivity index (χ0n) is 14.8. The molecule has 0 atom stereocenters. The van der Waals surface area contributed by atoms with E-state index in [1.807, 2.05) is 12.1 Å². The van der Waals surface area contributed by atoms with Crippen LogP contribution in [0.3, 0.4) is 0 Å². The van der Waals surface area contributed by atoms with Gasteiger partial charge < -0.3 is 0 Å². The number of ketones is 1. The Balaban J connectivity index is 1.72. The quantitative estimate of drug-likeness (QED) is 0.819. The topological polar surface area (TPSA) is 26.0 Å². The predicted molar refractivity (Wildman–Crippen MR) is 90.2 cm³/mol. The Morgan fingerprint density at radius 2 is 1.42 bits per heavy atom. The van der Waals surface area contributed by atoms with E-state index >= 15 is 0 Å². The number of benzene rings is 1. The second-order valence-electron chi connectivity index (χ2n) is 8.40. The highest BCUT2D eigenvalue weighted by atomic mass is 19.1. The van der Waals surface area contributed by atoms with Gasteiger partial charge in [-0.2, -0.15) is 0 Å². The number of Topliss-reactive ketones (excluding diaryl/α,β-unsaturated/α-hetero) is 1. The summed E-state index contributed by atoms with van der Waals surface area (Å²) in [4.78, 5) is 16.5. The van der Waals surface area contributed by atoms with Crippen molar-refractivity contribution in [3.05, 3.63) is 35.6 Å². The highest BCUT2D eigenvalue weighted by Crippen LogP contribution is 2.42. The van der Waals surface area contributed by atoms with Crippen molar-refractivity contribution in [3.63, 3.8) is 0 Å². The molecule has 24 heavy (non-hydrogen) atoms. The van der Waals surface area contributed by atoms with E-state index in [4.69, 9.17) is 0 Å². The molecule has 0 spiro atoms. The van der Waals surface area contributed by atoms with E-state index in [-0.39, 0.29) is 16.6 Å². The molecular weight excluding hydrogens is 303 g/mol. The number of quaternary nitrogens is 2. The number of halogens is 1. The van der Waals surface area contributed by atoms with Crippen LogP contribution in [0.25, 0.3) is 0 Å². The molecule has 4 bridgehead atoms. The fourth-order valence-electron chi connectivity index (χ4n) is 6.23. The van der Waals surface area contributed by atoms with Gasteiger partial charge in [-0.15, -0.1) is 0 Å². The number of hydrogen-bond donors (Lipinski definition) is 2. The van der Waals surface area contributed by atoms with Crippen LogP contribution in [0.1, 0.15) is 51.3 Å². The van der Waals surface area contributed by atoms with Gasteiger partial charge in [0.05, 0.1) is 5.56 Å². The lowest BCUT2D eigenvalue weighted by Gasteiger charge is -2.60. The van der Waals surface area contributed by atoms with Crippen LogP contribution in [-0.2, 0) is 4.79 Å². The lowest BCUT2D eigenvalue weighted by molar-refractivity contribution is -1.18. The summed E-state index contributed by atoms with van der Waals surface area (Å²) in [6.07, 6.45) is 4.58. The molecule has 5 rings (SSSR count). The molecule has 0 aliphatic carbocycles. The van der Waals surface area contributed by atoms with Crippen LogP contribution < -0.4 is 9.80 Å². The van der Waals surface area contributed by atoms with E-state index in [0.29, 0.717) is 11.9 Å². The Labute approximate surface area is 143 Å². The SMILES string of the molecule is CCCC12C[NH+]3CC(CCC)(C[NH+](C1)C3c1ccc(F)cc1)C2=O. The van der Waals surface area contributed by atoms with Gasteiger partial charge in [-0.25, -0.2) is 4.39 Å². The molecule has 4 heterocycles. The van der Waals surface area contributed by atoms with E-state index in [1.165, 1.54) is 5.56 Å². The van der Waals surface area contributed by atoms with E-state index in [1.54, 1.807) is 21.9 Å². The van der Waals surface area contributed by atoms with E-state index in [9.17, 15) is 9.18 Å². The second kappa shape index (κ2) is 5.63. The zero-order chi connectivity index (χ0) is 16.9. The Morgan fingerprint density at radius 3 is 1.83 bits per heavy atom. The fourth-order valence-corrected chi connectivity index (χ4v) is 6.23. The number of nitrogens with one attached hydrogen (secondary N) is 2. The van der Waals surface area contributed by atoms with Gasteiger partial charge in [0, 0.05) is 0 Å². The molecule has 1 aromatic rings. The minimum atomic E-state index is -0.169. The van der Waals surface area contributed by atoms with Crippen molar-refractivity contribution in [2.24, 2.45) is 10.8 Å². The molecule has 0 saturated carbocycles. The van der Waals surface area contributed by atoms with Crippen molar-refractivity contribution in [3.8, 4) is 0 Å². The van der Waals surface area contributed by atoms with Gasteiger partial charge in [0.25, 0.3) is 0 Å². The maximum absolute atomic E-state index is 13.4. The number of carbonyl (C=O) groups excluding carboxylic acids is 1. The molecule has 2 N–H and O–H groups in total. The van der Waals surface area contributed by atoms with Crippen molar-refractivity contribution in [1.82, 2.24) is 0 Å². The van der Waals surface area contributed by atoms with Crippen LogP contribution in [0.4, 0.5) is 4.39 Å². The van der Waals surface area contributed by atoms with Crippen LogP contribution >= 0.6 is 0 Å². The molecule has 4 aliphatic heterocycles. The molecule has 0 unspecified atom stereocenters. The van der Waals surface area contributed by atoms with Crippen LogP contribution in [-0.4, -0.2) is 32.0 Å². The second-order valence-corrected chi connectivity index (χ2v) is 8.40. The van der Waals surface area contributed by atoms with Gasteiger partial charge >= 0.3 is 0 Å². The summed E-state index contributed by atoms with van der Waals surface area (Å²) in [6, 6.07) is 7.05. The molecular formula is C20H29FN2O+2. The van der Waals surface area contributed by atoms with E-state index in [2.05, 4.69) is 13.8 Å². The average Bonchev–Trinajstić information content (AvgIpc) is 2.54. The van der Waals surface area contributed by atoms with Gasteiger partial charge in [-0.05, 0) is 37.1 Å². The number of carbonyl (C=O) groups is 1. The molecule has 0 aromatic heterocycles. The summed E-state index contributed by atoms with van der Waals surface area (Å²) >= 11 is 0. The summed E-state index contributed by atoms with van der Waals surface area (Å²) in [5, 5.41) is 0. The number of hydrogen-bond acceptors (Lipinski definition) is 1. The third kappa shape index (κ3) is 2.19. The first-order chi connectivity index (χ1) is 11.5. The van der Waals surface area contributed by atoms with Crippen LogP contribution in [0.2, 0.25) is 0 Å². The third-order valence-corrected chi connectivity index (χ3v) is 6.70. The minimum Gasteiger partial charge on any atom is -0.297 e. The average molecular weight is 332 g/mol. The molecule has 3 nitrogen and oxygen atoms in total. The minimum absolute atomic E-state index is 0.110. The Morgan fingerprint density at radius 1 is 0.958 bits per heavy atom. The van der Waals surface area contributed by atoms with Gasteiger partial charge in [0.15, 0.2) is 5.78 Å². The first kappa shape index (κ1) is 16.2. The highest BCUT2D eigenvalue weighted by Gasteiger charge is 2.70. The van der Waals surface area contributed by atoms with Gasteiger partial charge in [0.1, 0.15) is 42.8 Å². The Hall–Kier alpha value is -1.26. The molecule has 0 radical (unpaired) electrons. The molecule has 4 saturated heterocycles. The molecule has 130 valence electrons. The van der Waals surface area contributed by atoms with E-state index < -0.39 is 0 Å². The molecule has 0 amide bonds. The van der Waals surface area contributed by atoms with Crippen molar-refractivity contribution in [1.29, 1.82) is 0 Å². The van der Waals surface area contributed by atoms with Gasteiger partial charge in [0.2, 0.25) is 6.17 Å². The molecule has 1 aromatic carbocycles. The number of piperidine rings is 2. The lowest BCUT2D eigenvalue weighted by atomic mass is 9.57. The molecule has 4 heteroatoms. The predicted octanol–water partition coefficient (Wildman–Crippen LogP) is 0.777. The third-order valence-electron chi connectivity index (χ3n) is 6.70. The Kier molecular flexibility index (Phi) is 3.81. The lowest BCUT2D eigenvalue weighted by Crippen LogP contribution is -3.41. The van der Waals surface area contributed by atoms with Gasteiger partial charge in [-0.1, -0.05) is 26.7 Å². The highest BCUT2D eigenvalue weighted by molar-refractivity contribution is 5.92. The van der Waals surface area contributed by atoms with Crippen LogP contribution in [0.5, 0.6) is 0 Å². The maximum Gasteiger partial charge on any atom is 0.240 e. The summed E-state index contributed by atoms with van der Waals surface area (Å²) in [5.41, 5.74) is 1.01. The summed E-state index contributed by atoms with van der Waals surface area (Å²) in [6.45, 7) is 8.27. The maximum atomic E-state index is 13.4. The zero-order valence-corrected chi connectivity index (χ0v) is 14.8. The fraction of sp³-hybridized carbons (Fsp3) is 0.650. The smallest absolute Gasteiger partial charge is 0.240 e. The van der Waals surface area contributed by atoms with Crippen LogP contribution in [0.15, 0.2) is 24.3 Å². The molecule has 4 fully saturated rings. The standard InChI is InChI=1S/C20H27FN2O/c1-3-9-19-11-22-13-20(10-4-2,18(19)24)14-23(12-19)17(22)15-5-7-16(21)8-6-15/h5-8,17H,3-4,9-14H2,1-2H3/p+2. The normalized spacial score (nSPS) is 40.3. The van der Waals surface area contributed by atoms with Crippen molar-refractivity contribution >= 4 is 5.78 Å². The Bertz CT molecular complexity index is 598. The molecule has 4 aliphatic rings. The summed E-state index contributed by atoms with van der Waals surface area (Å²) < 4.78 is 13.3. The first-order valence-corrected chi connectivity index (χ1v) is 9.53. The van der Waals surface area contributed by atoms with Crippen molar-refractivity contribution < 1.29 is 19.0 Å². The van der Waals surface area contributed by atoms with Crippen LogP contribution in [0, 0.1) is 16.6 Å². The monoisotopic (exact) mass is 332 g/mol. The van der Waals surface area contributed by atoms with Gasteiger partial charge in [-0.3, -0.25) is 14.6 Å². The largest absolute Gasteiger partial charge is 0.297 e. The van der Waals surface area contributed by atoms with Crippen molar-refractivity contribution in [2.75, 3.05) is 26.2 Å². The van der Waals surface area contributed by atoms with E-state index in [0.717, 1.165) is 51.9 Å². The van der Waals surface area contributed by atoms with Crippen molar-refractivity contribution in [2.45, 2.75) is 45.7 Å².